The molecule has 3 rings (SSSR count). The summed E-state index contributed by atoms with van der Waals surface area (Å²) in [7, 11) is 1.73. The summed E-state index contributed by atoms with van der Waals surface area (Å²) in [4.78, 5) is 11.8. The van der Waals surface area contributed by atoms with Crippen LogP contribution in [-0.2, 0) is 7.05 Å². The van der Waals surface area contributed by atoms with E-state index < -0.39 is 0 Å². The van der Waals surface area contributed by atoms with Crippen molar-refractivity contribution in [2.45, 2.75) is 30.5 Å². The lowest BCUT2D eigenvalue weighted by Crippen LogP contribution is -2.12. The normalized spacial score (nSPS) is 17.9. The number of aromatic nitrogens is 1. The van der Waals surface area contributed by atoms with Gasteiger partial charge in [0.05, 0.1) is 5.52 Å². The van der Waals surface area contributed by atoms with Crippen molar-refractivity contribution in [3.8, 4) is 0 Å². The number of hydrogen-bond donors (Lipinski definition) is 0. The second kappa shape index (κ2) is 4.57. The van der Waals surface area contributed by atoms with Crippen molar-refractivity contribution >= 4 is 27.0 Å². The van der Waals surface area contributed by atoms with Crippen molar-refractivity contribution in [3.05, 3.63) is 34.3 Å². The Labute approximate surface area is 114 Å². The molecule has 1 heterocycles. The summed E-state index contributed by atoms with van der Waals surface area (Å²) in [5.41, 5.74) is 2.73. The molecule has 1 saturated carbocycles. The highest BCUT2D eigenvalue weighted by molar-refractivity contribution is 9.09. The fourth-order valence-corrected chi connectivity index (χ4v) is 3.32. The summed E-state index contributed by atoms with van der Waals surface area (Å²) >= 11 is 3.75. The first kappa shape index (κ1) is 12.0. The van der Waals surface area contributed by atoms with Crippen LogP contribution in [0.3, 0.4) is 0 Å². The van der Waals surface area contributed by atoms with Gasteiger partial charge in [0.1, 0.15) is 0 Å². The molecule has 1 aliphatic rings. The third-order valence-electron chi connectivity index (χ3n) is 3.94. The molecule has 3 nitrogen and oxygen atoms in total. The molecule has 1 aromatic heterocycles. The number of alkyl halides is 1. The largest absolute Gasteiger partial charge is 0.419 e. The molecule has 0 amide bonds. The third kappa shape index (κ3) is 2.03. The molecule has 0 spiro atoms. The van der Waals surface area contributed by atoms with Crippen molar-refractivity contribution in [1.29, 1.82) is 0 Å². The Morgan fingerprint density at radius 2 is 2.28 bits per heavy atom. The van der Waals surface area contributed by atoms with Gasteiger partial charge < -0.3 is 4.42 Å². The van der Waals surface area contributed by atoms with E-state index >= 15 is 0 Å². The van der Waals surface area contributed by atoms with Crippen molar-refractivity contribution < 1.29 is 4.42 Å². The van der Waals surface area contributed by atoms with Crippen LogP contribution in [0.15, 0.2) is 27.4 Å². The summed E-state index contributed by atoms with van der Waals surface area (Å²) < 4.78 is 6.76. The number of aryl methyl sites for hydroxylation is 1. The Bertz CT molecular complexity index is 624. The van der Waals surface area contributed by atoms with E-state index in [2.05, 4.69) is 22.0 Å². The lowest BCUT2D eigenvalue weighted by Gasteiger charge is -2.27. The van der Waals surface area contributed by atoms with Crippen LogP contribution in [0.2, 0.25) is 0 Å². The molecule has 1 atom stereocenters. The molecule has 1 fully saturated rings. The van der Waals surface area contributed by atoms with E-state index in [-0.39, 0.29) is 5.76 Å². The molecule has 4 heteroatoms. The number of benzene rings is 1. The molecule has 0 bridgehead atoms. The van der Waals surface area contributed by atoms with Crippen molar-refractivity contribution in [1.82, 2.24) is 4.57 Å². The first-order chi connectivity index (χ1) is 8.65. The number of hydrogen-bond acceptors (Lipinski definition) is 2. The van der Waals surface area contributed by atoms with Crippen molar-refractivity contribution in [3.63, 3.8) is 0 Å². The van der Waals surface area contributed by atoms with Gasteiger partial charge in [-0.15, -0.1) is 0 Å². The van der Waals surface area contributed by atoms with Crippen molar-refractivity contribution in [2.75, 3.05) is 0 Å². The van der Waals surface area contributed by atoms with Crippen LogP contribution in [0, 0.1) is 5.92 Å². The van der Waals surface area contributed by atoms with Gasteiger partial charge in [-0.3, -0.25) is 4.57 Å². The van der Waals surface area contributed by atoms with E-state index in [1.165, 1.54) is 35.8 Å². The topological polar surface area (TPSA) is 35.1 Å². The Morgan fingerprint density at radius 1 is 1.50 bits per heavy atom. The fraction of sp³-hybridized carbons (Fsp3) is 0.500. The van der Waals surface area contributed by atoms with Crippen LogP contribution < -0.4 is 5.76 Å². The molecule has 18 heavy (non-hydrogen) atoms. The quantitative estimate of drug-likeness (QED) is 0.809. The zero-order chi connectivity index (χ0) is 12.7. The lowest BCUT2D eigenvalue weighted by atomic mass is 9.81. The van der Waals surface area contributed by atoms with Crippen LogP contribution in [0.4, 0.5) is 0 Å². The molecule has 1 unspecified atom stereocenters. The lowest BCUT2D eigenvalue weighted by molar-refractivity contribution is 0.295. The third-order valence-corrected chi connectivity index (χ3v) is 4.85. The molecule has 0 N–H and O–H groups in total. The second-order valence-corrected chi connectivity index (χ2v) is 6.26. The molecule has 96 valence electrons. The van der Waals surface area contributed by atoms with Crippen LogP contribution in [0.5, 0.6) is 0 Å². The molecular weight excluding hydrogens is 294 g/mol. The summed E-state index contributed by atoms with van der Waals surface area (Å²) in [6.07, 6.45) is 5.25. The highest BCUT2D eigenvalue weighted by Gasteiger charge is 2.22. The van der Waals surface area contributed by atoms with Gasteiger partial charge in [0, 0.05) is 11.9 Å². The maximum atomic E-state index is 11.4. The number of halogens is 1. The van der Waals surface area contributed by atoms with Crippen LogP contribution in [0.25, 0.3) is 11.1 Å². The molecule has 0 aliphatic heterocycles. The predicted octanol–water partition coefficient (Wildman–Crippen LogP) is 3.76. The number of oxazole rings is 1. The van der Waals surface area contributed by atoms with Gasteiger partial charge in [-0.25, -0.2) is 4.79 Å². The first-order valence-corrected chi connectivity index (χ1v) is 7.30. The minimum atomic E-state index is -0.299. The zero-order valence-corrected chi connectivity index (χ0v) is 11.9. The van der Waals surface area contributed by atoms with Gasteiger partial charge in [-0.05, 0) is 30.0 Å². The van der Waals surface area contributed by atoms with Crippen LogP contribution in [-0.4, -0.2) is 4.57 Å². The smallest absolute Gasteiger partial charge is 0.408 e. The van der Waals surface area contributed by atoms with Gasteiger partial charge in [0.2, 0.25) is 0 Å². The average Bonchev–Trinajstić information content (AvgIpc) is 2.59. The van der Waals surface area contributed by atoms with Gasteiger partial charge in [0.15, 0.2) is 5.58 Å². The van der Waals surface area contributed by atoms with E-state index in [1.807, 2.05) is 12.1 Å². The molecular formula is C14H16BrNO2. The summed E-state index contributed by atoms with van der Waals surface area (Å²) in [5, 5.41) is 0. The molecule has 2 aromatic rings. The summed E-state index contributed by atoms with van der Waals surface area (Å²) in [5.74, 6) is 0.556. The summed E-state index contributed by atoms with van der Waals surface area (Å²) in [6.45, 7) is 0. The number of fused-ring (bicyclic) bond motifs is 1. The van der Waals surface area contributed by atoms with Crippen LogP contribution in [0.1, 0.15) is 36.1 Å². The van der Waals surface area contributed by atoms with Gasteiger partial charge in [0.25, 0.3) is 0 Å². The standard InChI is InChI=1S/C14H16BrNO2/c1-16-12-6-5-10(8-13(12)18-14(16)17)11(15)7-9-3-2-4-9/h5-6,8-9,11H,2-4,7H2,1H3. The molecule has 1 aliphatic carbocycles. The number of nitrogens with zero attached hydrogens (tertiary/aromatic N) is 1. The highest BCUT2D eigenvalue weighted by atomic mass is 79.9. The summed E-state index contributed by atoms with van der Waals surface area (Å²) in [6, 6.07) is 6.02. The average molecular weight is 310 g/mol. The van der Waals surface area contributed by atoms with E-state index in [0.717, 1.165) is 11.4 Å². The van der Waals surface area contributed by atoms with E-state index in [0.29, 0.717) is 10.4 Å². The SMILES string of the molecule is Cn1c(=O)oc2cc(C(Br)CC3CCC3)ccc21. The molecule has 0 radical (unpaired) electrons. The van der Waals surface area contributed by atoms with Crippen molar-refractivity contribution in [2.24, 2.45) is 13.0 Å². The van der Waals surface area contributed by atoms with E-state index in [4.69, 9.17) is 4.42 Å². The monoisotopic (exact) mass is 309 g/mol. The Balaban J connectivity index is 1.90. The first-order valence-electron chi connectivity index (χ1n) is 6.38. The van der Waals surface area contributed by atoms with E-state index in [9.17, 15) is 4.79 Å². The zero-order valence-electron chi connectivity index (χ0n) is 10.4. The van der Waals surface area contributed by atoms with Gasteiger partial charge >= 0.3 is 5.76 Å². The predicted molar refractivity (Wildman–Crippen MR) is 75.1 cm³/mol. The molecule has 1 aromatic carbocycles. The maximum Gasteiger partial charge on any atom is 0.419 e. The Hall–Kier alpha value is -1.03. The highest BCUT2D eigenvalue weighted by Crippen LogP contribution is 2.39. The number of rotatable bonds is 3. The van der Waals surface area contributed by atoms with Gasteiger partial charge in [-0.2, -0.15) is 0 Å². The van der Waals surface area contributed by atoms with Gasteiger partial charge in [-0.1, -0.05) is 41.3 Å². The molecule has 0 saturated heterocycles. The van der Waals surface area contributed by atoms with E-state index in [1.54, 1.807) is 7.05 Å². The Kier molecular flexibility index (Phi) is 3.06. The fourth-order valence-electron chi connectivity index (χ4n) is 2.50. The Morgan fingerprint density at radius 3 is 2.94 bits per heavy atom. The minimum Gasteiger partial charge on any atom is -0.408 e. The minimum absolute atomic E-state index is 0.299. The second-order valence-electron chi connectivity index (χ2n) is 5.15. The maximum absolute atomic E-state index is 11.4. The van der Waals surface area contributed by atoms with Crippen LogP contribution >= 0.6 is 15.9 Å².